The molecule has 29 heavy (non-hydrogen) atoms. The van der Waals surface area contributed by atoms with Crippen LogP contribution in [-0.4, -0.2) is 34.2 Å². The largest absolute Gasteiger partial charge is 0.484 e. The minimum absolute atomic E-state index is 0.0878. The second kappa shape index (κ2) is 8.86. The van der Waals surface area contributed by atoms with Crippen LogP contribution in [0.5, 0.6) is 5.75 Å². The van der Waals surface area contributed by atoms with Gasteiger partial charge in [0.1, 0.15) is 5.75 Å². The molecule has 0 aromatic heterocycles. The van der Waals surface area contributed by atoms with Crippen LogP contribution in [0.15, 0.2) is 48.5 Å². The van der Waals surface area contributed by atoms with E-state index in [0.717, 1.165) is 11.8 Å². The quantitative estimate of drug-likeness (QED) is 0.745. The summed E-state index contributed by atoms with van der Waals surface area (Å²) in [6.07, 6.45) is 1.14. The molecule has 0 heterocycles. The average molecular weight is 419 g/mol. The zero-order valence-electron chi connectivity index (χ0n) is 17.9. The minimum atomic E-state index is -3.32. The zero-order chi connectivity index (χ0) is 21.8. The maximum absolute atomic E-state index is 12.2. The van der Waals surface area contributed by atoms with Crippen molar-refractivity contribution in [3.05, 3.63) is 59.7 Å². The standard InChI is InChI=1S/C22H30N2O4S/c1-16(17-7-9-18(10-8-17)22(2,3)4)23-21(25)15-28-20-13-11-19(12-14-20)24(5)29(6,26)27/h7-14,16H,15H2,1-6H3,(H,23,25). The minimum Gasteiger partial charge on any atom is -0.484 e. The third kappa shape index (κ3) is 6.49. The van der Waals surface area contributed by atoms with Gasteiger partial charge in [0.2, 0.25) is 10.0 Å². The molecule has 0 saturated carbocycles. The van der Waals surface area contributed by atoms with Crippen molar-refractivity contribution in [3.63, 3.8) is 0 Å². The van der Waals surface area contributed by atoms with E-state index in [1.807, 2.05) is 19.1 Å². The summed E-state index contributed by atoms with van der Waals surface area (Å²) < 4.78 is 29.8. The van der Waals surface area contributed by atoms with Gasteiger partial charge in [0.25, 0.3) is 5.91 Å². The molecule has 7 heteroatoms. The summed E-state index contributed by atoms with van der Waals surface area (Å²) in [7, 11) is -1.84. The summed E-state index contributed by atoms with van der Waals surface area (Å²) in [6.45, 7) is 8.30. The van der Waals surface area contributed by atoms with Crippen molar-refractivity contribution in [3.8, 4) is 5.75 Å². The van der Waals surface area contributed by atoms with Crippen LogP contribution < -0.4 is 14.4 Å². The highest BCUT2D eigenvalue weighted by atomic mass is 32.2. The first-order valence-electron chi connectivity index (χ1n) is 9.44. The molecule has 1 amide bonds. The Balaban J connectivity index is 1.89. The van der Waals surface area contributed by atoms with Crippen LogP contribution in [-0.2, 0) is 20.2 Å². The van der Waals surface area contributed by atoms with Crippen LogP contribution in [0.2, 0.25) is 0 Å². The Morgan fingerprint density at radius 2 is 1.62 bits per heavy atom. The van der Waals surface area contributed by atoms with Crippen LogP contribution in [0.4, 0.5) is 5.69 Å². The van der Waals surface area contributed by atoms with Crippen LogP contribution in [0.3, 0.4) is 0 Å². The number of sulfonamides is 1. The first kappa shape index (κ1) is 22.7. The van der Waals surface area contributed by atoms with Crippen molar-refractivity contribution in [1.82, 2.24) is 5.32 Å². The SMILES string of the molecule is CC(NC(=O)COc1ccc(N(C)S(C)(=O)=O)cc1)c1ccc(C(C)(C)C)cc1. The van der Waals surface area contributed by atoms with Gasteiger partial charge in [-0.1, -0.05) is 45.0 Å². The van der Waals surface area contributed by atoms with E-state index in [-0.39, 0.29) is 24.0 Å². The number of carbonyl (C=O) groups is 1. The van der Waals surface area contributed by atoms with Crippen LogP contribution in [0.1, 0.15) is 44.9 Å². The molecule has 0 aliphatic carbocycles. The fraction of sp³-hybridized carbons (Fsp3) is 0.409. The smallest absolute Gasteiger partial charge is 0.258 e. The van der Waals surface area contributed by atoms with E-state index in [1.54, 1.807) is 24.3 Å². The first-order valence-corrected chi connectivity index (χ1v) is 11.3. The maximum Gasteiger partial charge on any atom is 0.258 e. The highest BCUT2D eigenvalue weighted by molar-refractivity contribution is 7.92. The molecule has 0 bridgehead atoms. The van der Waals surface area contributed by atoms with E-state index in [0.29, 0.717) is 11.4 Å². The summed E-state index contributed by atoms with van der Waals surface area (Å²) in [6, 6.07) is 14.6. The van der Waals surface area contributed by atoms with Gasteiger partial charge in [0, 0.05) is 7.05 Å². The van der Waals surface area contributed by atoms with Crippen molar-refractivity contribution in [2.24, 2.45) is 0 Å². The Hall–Kier alpha value is -2.54. The fourth-order valence-corrected chi connectivity index (χ4v) is 3.24. The van der Waals surface area contributed by atoms with E-state index in [9.17, 15) is 13.2 Å². The lowest BCUT2D eigenvalue weighted by atomic mass is 9.86. The predicted molar refractivity (Wildman–Crippen MR) is 117 cm³/mol. The van der Waals surface area contributed by atoms with Crippen molar-refractivity contribution in [2.75, 3.05) is 24.2 Å². The normalized spacial score (nSPS) is 12.9. The number of hydrogen-bond donors (Lipinski definition) is 1. The molecule has 158 valence electrons. The van der Waals surface area contributed by atoms with E-state index < -0.39 is 10.0 Å². The molecular formula is C22H30N2O4S. The van der Waals surface area contributed by atoms with Crippen molar-refractivity contribution in [1.29, 1.82) is 0 Å². The Labute approximate surface area is 173 Å². The van der Waals surface area contributed by atoms with Gasteiger partial charge in [-0.05, 0) is 47.7 Å². The van der Waals surface area contributed by atoms with Crippen molar-refractivity contribution >= 4 is 21.6 Å². The van der Waals surface area contributed by atoms with Crippen LogP contribution >= 0.6 is 0 Å². The molecule has 0 radical (unpaired) electrons. The van der Waals surface area contributed by atoms with Gasteiger partial charge >= 0.3 is 0 Å². The number of amides is 1. The Kier molecular flexibility index (Phi) is 6.95. The van der Waals surface area contributed by atoms with Crippen LogP contribution in [0.25, 0.3) is 0 Å². The maximum atomic E-state index is 12.2. The summed E-state index contributed by atoms with van der Waals surface area (Å²) in [4.78, 5) is 12.2. The van der Waals surface area contributed by atoms with Gasteiger partial charge in [0.15, 0.2) is 6.61 Å². The first-order chi connectivity index (χ1) is 13.4. The van der Waals surface area contributed by atoms with Gasteiger partial charge in [-0.15, -0.1) is 0 Å². The molecule has 0 aliphatic rings. The molecule has 1 unspecified atom stereocenters. The summed E-state index contributed by atoms with van der Waals surface area (Å²) in [5.41, 5.74) is 2.88. The van der Waals surface area contributed by atoms with Crippen molar-refractivity contribution in [2.45, 2.75) is 39.2 Å². The molecule has 0 saturated heterocycles. The molecule has 6 nitrogen and oxygen atoms in total. The van der Waals surface area contributed by atoms with Crippen LogP contribution in [0, 0.1) is 0 Å². The Morgan fingerprint density at radius 1 is 1.07 bits per heavy atom. The highest BCUT2D eigenvalue weighted by Crippen LogP contribution is 2.24. The van der Waals surface area contributed by atoms with Gasteiger partial charge in [-0.2, -0.15) is 0 Å². The molecule has 0 spiro atoms. The zero-order valence-corrected chi connectivity index (χ0v) is 18.7. The molecule has 2 aromatic carbocycles. The van der Waals surface area contributed by atoms with Gasteiger partial charge in [-0.25, -0.2) is 8.42 Å². The van der Waals surface area contributed by atoms with Gasteiger partial charge < -0.3 is 10.1 Å². The number of rotatable bonds is 7. The fourth-order valence-electron chi connectivity index (χ4n) is 2.73. The number of benzene rings is 2. The molecule has 2 rings (SSSR count). The van der Waals surface area contributed by atoms with Crippen molar-refractivity contribution < 1.29 is 17.9 Å². The molecular weight excluding hydrogens is 388 g/mol. The average Bonchev–Trinajstić information content (AvgIpc) is 2.65. The lowest BCUT2D eigenvalue weighted by molar-refractivity contribution is -0.123. The lowest BCUT2D eigenvalue weighted by Gasteiger charge is -2.21. The molecule has 2 aromatic rings. The second-order valence-corrected chi connectivity index (χ2v) is 10.2. The summed E-state index contributed by atoms with van der Waals surface area (Å²) in [5.74, 6) is 0.266. The Bertz CT molecular complexity index is 930. The van der Waals surface area contributed by atoms with E-state index in [2.05, 4.69) is 38.2 Å². The van der Waals surface area contributed by atoms with E-state index in [4.69, 9.17) is 4.74 Å². The van der Waals surface area contributed by atoms with Gasteiger partial charge in [0.05, 0.1) is 18.0 Å². The topological polar surface area (TPSA) is 75.7 Å². The van der Waals surface area contributed by atoms with Gasteiger partial charge in [-0.3, -0.25) is 9.10 Å². The molecule has 1 N–H and O–H groups in total. The number of ether oxygens (including phenoxy) is 1. The Morgan fingerprint density at radius 3 is 2.10 bits per heavy atom. The third-order valence-corrected chi connectivity index (χ3v) is 5.93. The monoisotopic (exact) mass is 418 g/mol. The highest BCUT2D eigenvalue weighted by Gasteiger charge is 2.15. The molecule has 1 atom stereocenters. The molecule has 0 aliphatic heterocycles. The second-order valence-electron chi connectivity index (χ2n) is 8.17. The number of hydrogen-bond acceptors (Lipinski definition) is 4. The number of carbonyl (C=O) groups excluding carboxylic acids is 1. The lowest BCUT2D eigenvalue weighted by Crippen LogP contribution is -2.31. The number of nitrogens with zero attached hydrogens (tertiary/aromatic N) is 1. The third-order valence-electron chi connectivity index (χ3n) is 4.72. The summed E-state index contributed by atoms with van der Waals surface area (Å²) in [5, 5.41) is 2.92. The predicted octanol–water partition coefficient (Wildman–Crippen LogP) is 3.64. The van der Waals surface area contributed by atoms with E-state index >= 15 is 0 Å². The number of nitrogens with one attached hydrogen (secondary N) is 1. The van der Waals surface area contributed by atoms with E-state index in [1.165, 1.54) is 16.9 Å². The molecule has 0 fully saturated rings. The number of anilines is 1. The summed E-state index contributed by atoms with van der Waals surface area (Å²) >= 11 is 0.